The Morgan fingerprint density at radius 2 is 2.08 bits per heavy atom. The van der Waals surface area contributed by atoms with Crippen molar-refractivity contribution >= 4 is 0 Å². The first-order valence-corrected chi connectivity index (χ1v) is 4.83. The summed E-state index contributed by atoms with van der Waals surface area (Å²) in [6.45, 7) is 8.46. The number of nitrogens with zero attached hydrogens (tertiary/aromatic N) is 1. The topological polar surface area (TPSA) is 12.5 Å². The molecule has 2 heteroatoms. The maximum Gasteiger partial charge on any atom is 0.0628 e. The van der Waals surface area contributed by atoms with Crippen LogP contribution in [0.15, 0.2) is 0 Å². The first kappa shape index (κ1) is 10.0. The summed E-state index contributed by atoms with van der Waals surface area (Å²) >= 11 is 0. The zero-order valence-corrected chi connectivity index (χ0v) is 8.76. The summed E-state index contributed by atoms with van der Waals surface area (Å²) in [6, 6.07) is 0.657. The Kier molecular flexibility index (Phi) is 3.13. The van der Waals surface area contributed by atoms with E-state index in [-0.39, 0.29) is 5.60 Å². The van der Waals surface area contributed by atoms with Crippen molar-refractivity contribution in [1.82, 2.24) is 4.90 Å². The van der Waals surface area contributed by atoms with E-state index >= 15 is 0 Å². The quantitative estimate of drug-likeness (QED) is 0.629. The molecule has 1 rings (SSSR count). The second-order valence-corrected chi connectivity index (χ2v) is 4.70. The van der Waals surface area contributed by atoms with Gasteiger partial charge in [0.25, 0.3) is 0 Å². The van der Waals surface area contributed by atoms with Gasteiger partial charge in [0, 0.05) is 6.04 Å². The second-order valence-electron chi connectivity index (χ2n) is 4.70. The molecule has 1 fully saturated rings. The van der Waals surface area contributed by atoms with Gasteiger partial charge in [0.1, 0.15) is 0 Å². The van der Waals surface area contributed by atoms with Crippen molar-refractivity contribution in [1.29, 1.82) is 0 Å². The molecule has 12 heavy (non-hydrogen) atoms. The molecule has 2 nitrogen and oxygen atoms in total. The minimum Gasteiger partial charge on any atom is -0.374 e. The van der Waals surface area contributed by atoms with Crippen LogP contribution in [0.25, 0.3) is 0 Å². The molecule has 1 heterocycles. The van der Waals surface area contributed by atoms with E-state index in [4.69, 9.17) is 4.74 Å². The SMILES string of the molecule is CN1CCC[C@@H]1COC(C)(C)C. The molecule has 0 radical (unpaired) electrons. The normalized spacial score (nSPS) is 26.5. The number of ether oxygens (including phenoxy) is 1. The Labute approximate surface area is 75.9 Å². The van der Waals surface area contributed by atoms with Crippen LogP contribution in [-0.2, 0) is 4.74 Å². The molecule has 0 aromatic heterocycles. The number of likely N-dealkylation sites (tertiary alicyclic amines) is 1. The van der Waals surface area contributed by atoms with Crippen LogP contribution < -0.4 is 0 Å². The van der Waals surface area contributed by atoms with Gasteiger partial charge in [-0.1, -0.05) is 0 Å². The summed E-state index contributed by atoms with van der Waals surface area (Å²) < 4.78 is 5.74. The van der Waals surface area contributed by atoms with E-state index in [1.807, 2.05) is 0 Å². The van der Waals surface area contributed by atoms with Crippen LogP contribution in [0.1, 0.15) is 33.6 Å². The number of rotatable bonds is 2. The minimum atomic E-state index is 0.0173. The van der Waals surface area contributed by atoms with Crippen LogP contribution >= 0.6 is 0 Å². The summed E-state index contributed by atoms with van der Waals surface area (Å²) in [6.07, 6.45) is 2.63. The van der Waals surface area contributed by atoms with Crippen molar-refractivity contribution in [3.05, 3.63) is 0 Å². The molecule has 0 N–H and O–H groups in total. The molecule has 72 valence electrons. The van der Waals surface area contributed by atoms with Gasteiger partial charge in [-0.2, -0.15) is 0 Å². The summed E-state index contributed by atoms with van der Waals surface area (Å²) in [5.41, 5.74) is 0.0173. The smallest absolute Gasteiger partial charge is 0.0628 e. The Balaban J connectivity index is 2.23. The number of likely N-dealkylation sites (N-methyl/N-ethyl adjacent to an activating group) is 1. The van der Waals surface area contributed by atoms with E-state index < -0.39 is 0 Å². The predicted octanol–water partition coefficient (Wildman–Crippen LogP) is 1.90. The largest absolute Gasteiger partial charge is 0.374 e. The Morgan fingerprint density at radius 3 is 2.50 bits per heavy atom. The lowest BCUT2D eigenvalue weighted by Crippen LogP contribution is -2.33. The number of hydrogen-bond acceptors (Lipinski definition) is 2. The minimum absolute atomic E-state index is 0.0173. The van der Waals surface area contributed by atoms with Gasteiger partial charge in [-0.3, -0.25) is 0 Å². The Morgan fingerprint density at radius 1 is 1.42 bits per heavy atom. The first-order chi connectivity index (χ1) is 5.49. The van der Waals surface area contributed by atoms with Crippen molar-refractivity contribution in [2.24, 2.45) is 0 Å². The van der Waals surface area contributed by atoms with Crippen molar-refractivity contribution < 1.29 is 4.74 Å². The second kappa shape index (κ2) is 3.75. The highest BCUT2D eigenvalue weighted by molar-refractivity contribution is 4.76. The maximum atomic E-state index is 5.74. The third kappa shape index (κ3) is 3.11. The van der Waals surface area contributed by atoms with Crippen molar-refractivity contribution in [2.45, 2.75) is 45.3 Å². The van der Waals surface area contributed by atoms with E-state index in [2.05, 4.69) is 32.7 Å². The fraction of sp³-hybridized carbons (Fsp3) is 1.00. The van der Waals surface area contributed by atoms with Gasteiger partial charge >= 0.3 is 0 Å². The lowest BCUT2D eigenvalue weighted by Gasteiger charge is -2.25. The highest BCUT2D eigenvalue weighted by Gasteiger charge is 2.22. The van der Waals surface area contributed by atoms with Crippen LogP contribution in [0, 0.1) is 0 Å². The molecule has 1 aliphatic heterocycles. The molecular weight excluding hydrogens is 150 g/mol. The monoisotopic (exact) mass is 171 g/mol. The molecule has 0 aromatic carbocycles. The Hall–Kier alpha value is -0.0800. The highest BCUT2D eigenvalue weighted by atomic mass is 16.5. The van der Waals surface area contributed by atoms with E-state index in [1.54, 1.807) is 0 Å². The Bertz CT molecular complexity index is 139. The molecule has 0 unspecified atom stereocenters. The summed E-state index contributed by atoms with van der Waals surface area (Å²) in [5.74, 6) is 0. The van der Waals surface area contributed by atoms with Gasteiger partial charge in [0.05, 0.1) is 12.2 Å². The van der Waals surface area contributed by atoms with E-state index in [0.717, 1.165) is 6.61 Å². The van der Waals surface area contributed by atoms with Crippen molar-refractivity contribution in [3.63, 3.8) is 0 Å². The van der Waals surface area contributed by atoms with Gasteiger partial charge < -0.3 is 9.64 Å². The van der Waals surface area contributed by atoms with Gasteiger partial charge in [-0.05, 0) is 47.2 Å². The average molecular weight is 171 g/mol. The molecule has 1 atom stereocenters. The molecule has 0 saturated carbocycles. The fourth-order valence-electron chi connectivity index (χ4n) is 1.54. The van der Waals surface area contributed by atoms with Crippen LogP contribution in [-0.4, -0.2) is 36.7 Å². The lowest BCUT2D eigenvalue weighted by atomic mass is 10.2. The fourth-order valence-corrected chi connectivity index (χ4v) is 1.54. The lowest BCUT2D eigenvalue weighted by molar-refractivity contribution is -0.0251. The molecule has 0 bridgehead atoms. The maximum absolute atomic E-state index is 5.74. The molecule has 0 aliphatic carbocycles. The zero-order valence-electron chi connectivity index (χ0n) is 8.76. The van der Waals surface area contributed by atoms with Crippen LogP contribution in [0.2, 0.25) is 0 Å². The van der Waals surface area contributed by atoms with E-state index in [1.165, 1.54) is 19.4 Å². The van der Waals surface area contributed by atoms with Crippen LogP contribution in [0.3, 0.4) is 0 Å². The zero-order chi connectivity index (χ0) is 9.19. The van der Waals surface area contributed by atoms with E-state index in [0.29, 0.717) is 6.04 Å². The standard InChI is InChI=1S/C10H21NO/c1-10(2,3)12-8-9-6-5-7-11(9)4/h9H,5-8H2,1-4H3/t9-/m1/s1. The molecule has 0 spiro atoms. The molecule has 1 saturated heterocycles. The number of hydrogen-bond donors (Lipinski definition) is 0. The molecule has 0 aromatic rings. The van der Waals surface area contributed by atoms with Gasteiger partial charge in [-0.15, -0.1) is 0 Å². The molecular formula is C10H21NO. The average Bonchev–Trinajstić information content (AvgIpc) is 2.29. The summed E-state index contributed by atoms with van der Waals surface area (Å²) in [7, 11) is 2.18. The van der Waals surface area contributed by atoms with Gasteiger partial charge in [0.2, 0.25) is 0 Å². The summed E-state index contributed by atoms with van der Waals surface area (Å²) in [5, 5.41) is 0. The van der Waals surface area contributed by atoms with Crippen molar-refractivity contribution in [2.75, 3.05) is 20.2 Å². The molecule has 1 aliphatic rings. The highest BCUT2D eigenvalue weighted by Crippen LogP contribution is 2.17. The first-order valence-electron chi connectivity index (χ1n) is 4.83. The van der Waals surface area contributed by atoms with Crippen LogP contribution in [0.5, 0.6) is 0 Å². The van der Waals surface area contributed by atoms with Crippen LogP contribution in [0.4, 0.5) is 0 Å². The van der Waals surface area contributed by atoms with Gasteiger partial charge in [0.15, 0.2) is 0 Å². The summed E-state index contributed by atoms with van der Waals surface area (Å²) in [4.78, 5) is 2.39. The predicted molar refractivity (Wildman–Crippen MR) is 51.4 cm³/mol. The van der Waals surface area contributed by atoms with Gasteiger partial charge in [-0.25, -0.2) is 0 Å². The van der Waals surface area contributed by atoms with Crippen molar-refractivity contribution in [3.8, 4) is 0 Å². The third-order valence-electron chi connectivity index (χ3n) is 2.38. The third-order valence-corrected chi connectivity index (χ3v) is 2.38. The molecule has 0 amide bonds. The van der Waals surface area contributed by atoms with E-state index in [9.17, 15) is 0 Å².